The van der Waals surface area contributed by atoms with Crippen LogP contribution in [0, 0.1) is 0 Å². The Kier molecular flexibility index (Phi) is 3.76. The molecular formula is C14H18N4O3. The smallest absolute Gasteiger partial charge is 0.254 e. The van der Waals surface area contributed by atoms with Gasteiger partial charge in [-0.05, 0) is 18.2 Å². The van der Waals surface area contributed by atoms with Crippen molar-refractivity contribution in [3.8, 4) is 0 Å². The van der Waals surface area contributed by atoms with Crippen LogP contribution in [0.1, 0.15) is 10.4 Å². The van der Waals surface area contributed by atoms with Crippen molar-refractivity contribution < 1.29 is 14.7 Å². The molecule has 0 aromatic heterocycles. The van der Waals surface area contributed by atoms with Crippen LogP contribution in [0.3, 0.4) is 0 Å². The van der Waals surface area contributed by atoms with Crippen LogP contribution in [0.2, 0.25) is 0 Å². The van der Waals surface area contributed by atoms with Gasteiger partial charge in [-0.25, -0.2) is 0 Å². The molecule has 7 heteroatoms. The number of fused-ring (bicyclic) bond motifs is 1. The molecule has 0 bridgehead atoms. The number of rotatable bonds is 1. The Morgan fingerprint density at radius 3 is 3.05 bits per heavy atom. The first kappa shape index (κ1) is 13.8. The molecule has 7 nitrogen and oxygen atoms in total. The largest absolute Gasteiger partial charge is 0.390 e. The lowest BCUT2D eigenvalue weighted by atomic mass is 10.1. The number of nitrogens with one attached hydrogen (secondary N) is 3. The van der Waals surface area contributed by atoms with Gasteiger partial charge in [-0.2, -0.15) is 0 Å². The van der Waals surface area contributed by atoms with E-state index in [4.69, 9.17) is 0 Å². The minimum Gasteiger partial charge on any atom is -0.390 e. The number of carbonyl (C=O) groups excluding carboxylic acids is 2. The summed E-state index contributed by atoms with van der Waals surface area (Å²) in [5, 5.41) is 18.6. The van der Waals surface area contributed by atoms with Gasteiger partial charge in [0.25, 0.3) is 5.91 Å². The van der Waals surface area contributed by atoms with Gasteiger partial charge in [-0.3, -0.25) is 9.59 Å². The molecule has 0 spiro atoms. The topological polar surface area (TPSA) is 93.7 Å². The Morgan fingerprint density at radius 2 is 2.19 bits per heavy atom. The molecule has 112 valence electrons. The van der Waals surface area contributed by atoms with E-state index in [0.29, 0.717) is 37.4 Å². The predicted molar refractivity (Wildman–Crippen MR) is 78.3 cm³/mol. The molecular weight excluding hydrogens is 272 g/mol. The molecule has 0 aliphatic carbocycles. The molecule has 2 heterocycles. The van der Waals surface area contributed by atoms with Gasteiger partial charge in [0, 0.05) is 31.7 Å². The molecule has 0 unspecified atom stereocenters. The number of amides is 2. The fraction of sp³-hybridized carbons (Fsp3) is 0.429. The van der Waals surface area contributed by atoms with Crippen molar-refractivity contribution in [1.29, 1.82) is 0 Å². The van der Waals surface area contributed by atoms with Crippen LogP contribution in [0.4, 0.5) is 11.4 Å². The van der Waals surface area contributed by atoms with Gasteiger partial charge in [0.05, 0.1) is 24.0 Å². The van der Waals surface area contributed by atoms with Crippen molar-refractivity contribution in [2.24, 2.45) is 0 Å². The van der Waals surface area contributed by atoms with Crippen LogP contribution in [-0.2, 0) is 4.79 Å². The van der Waals surface area contributed by atoms with Crippen LogP contribution in [-0.4, -0.2) is 60.6 Å². The summed E-state index contributed by atoms with van der Waals surface area (Å²) in [5.74, 6) is -0.262. The Hall–Kier alpha value is -2.12. The lowest BCUT2D eigenvalue weighted by Gasteiger charge is -2.23. The van der Waals surface area contributed by atoms with E-state index in [-0.39, 0.29) is 18.4 Å². The molecule has 2 amide bonds. The van der Waals surface area contributed by atoms with E-state index >= 15 is 0 Å². The van der Waals surface area contributed by atoms with Crippen molar-refractivity contribution in [2.75, 3.05) is 43.4 Å². The van der Waals surface area contributed by atoms with E-state index in [0.717, 1.165) is 5.69 Å². The molecule has 1 aromatic carbocycles. The Balaban J connectivity index is 1.81. The first-order valence-corrected chi connectivity index (χ1v) is 6.99. The van der Waals surface area contributed by atoms with Gasteiger partial charge < -0.3 is 26.0 Å². The van der Waals surface area contributed by atoms with Crippen molar-refractivity contribution in [3.63, 3.8) is 0 Å². The SMILES string of the molecule is O=C1CNc2ccc(C(=O)N3CCNC[C@H](O)C3)cc2N1. The van der Waals surface area contributed by atoms with E-state index in [9.17, 15) is 14.7 Å². The average Bonchev–Trinajstić information content (AvgIpc) is 2.70. The van der Waals surface area contributed by atoms with Gasteiger partial charge in [-0.1, -0.05) is 0 Å². The van der Waals surface area contributed by atoms with Gasteiger partial charge in [0.15, 0.2) is 0 Å². The van der Waals surface area contributed by atoms with Crippen LogP contribution in [0.25, 0.3) is 0 Å². The molecule has 1 saturated heterocycles. The second-order valence-electron chi connectivity index (χ2n) is 5.27. The summed E-state index contributed by atoms with van der Waals surface area (Å²) in [5.41, 5.74) is 1.93. The Bertz CT molecular complexity index is 575. The van der Waals surface area contributed by atoms with Gasteiger partial charge in [0.2, 0.25) is 5.91 Å². The standard InChI is InChI=1S/C14H18N4O3/c19-10-6-15-3-4-18(8-10)14(21)9-1-2-11-12(5-9)17-13(20)7-16-11/h1-2,5,10,15-16,19H,3-4,6-8H2,(H,17,20)/t10-/m0/s1. The summed E-state index contributed by atoms with van der Waals surface area (Å²) in [6.45, 7) is 2.26. The number of carbonyl (C=O) groups is 2. The highest BCUT2D eigenvalue weighted by Gasteiger charge is 2.23. The van der Waals surface area contributed by atoms with Crippen LogP contribution < -0.4 is 16.0 Å². The highest BCUT2D eigenvalue weighted by atomic mass is 16.3. The van der Waals surface area contributed by atoms with Crippen molar-refractivity contribution in [3.05, 3.63) is 23.8 Å². The van der Waals surface area contributed by atoms with E-state index < -0.39 is 6.10 Å². The van der Waals surface area contributed by atoms with Gasteiger partial charge >= 0.3 is 0 Å². The lowest BCUT2D eigenvalue weighted by molar-refractivity contribution is -0.114. The molecule has 1 aromatic rings. The van der Waals surface area contributed by atoms with E-state index in [2.05, 4.69) is 16.0 Å². The number of hydrogen-bond donors (Lipinski definition) is 4. The maximum absolute atomic E-state index is 12.5. The first-order chi connectivity index (χ1) is 10.1. The highest BCUT2D eigenvalue weighted by Crippen LogP contribution is 2.26. The molecule has 0 saturated carbocycles. The lowest BCUT2D eigenvalue weighted by Crippen LogP contribution is -2.37. The number of benzene rings is 1. The summed E-state index contributed by atoms with van der Waals surface area (Å²) in [6, 6.07) is 5.19. The van der Waals surface area contributed by atoms with Crippen molar-refractivity contribution >= 4 is 23.2 Å². The van der Waals surface area contributed by atoms with E-state index in [1.807, 2.05) is 0 Å². The van der Waals surface area contributed by atoms with E-state index in [1.165, 1.54) is 0 Å². The van der Waals surface area contributed by atoms with Gasteiger partial charge in [0.1, 0.15) is 0 Å². The van der Waals surface area contributed by atoms with Gasteiger partial charge in [-0.15, -0.1) is 0 Å². The zero-order valence-corrected chi connectivity index (χ0v) is 11.6. The predicted octanol–water partition coefficient (Wildman–Crippen LogP) is -0.543. The third kappa shape index (κ3) is 2.98. The number of aliphatic hydroxyl groups is 1. The average molecular weight is 290 g/mol. The molecule has 1 fully saturated rings. The maximum atomic E-state index is 12.5. The molecule has 21 heavy (non-hydrogen) atoms. The zero-order chi connectivity index (χ0) is 14.8. The van der Waals surface area contributed by atoms with Crippen molar-refractivity contribution in [1.82, 2.24) is 10.2 Å². The summed E-state index contributed by atoms with van der Waals surface area (Å²) in [4.78, 5) is 25.5. The fourth-order valence-corrected chi connectivity index (χ4v) is 2.56. The number of hydrogen-bond acceptors (Lipinski definition) is 5. The number of aliphatic hydroxyl groups excluding tert-OH is 1. The summed E-state index contributed by atoms with van der Waals surface area (Å²) in [6.07, 6.45) is -0.560. The quantitative estimate of drug-likeness (QED) is 0.557. The second-order valence-corrected chi connectivity index (χ2v) is 5.27. The van der Waals surface area contributed by atoms with E-state index in [1.54, 1.807) is 23.1 Å². The van der Waals surface area contributed by atoms with Crippen LogP contribution in [0.5, 0.6) is 0 Å². The Morgan fingerprint density at radius 1 is 1.33 bits per heavy atom. The number of nitrogens with zero attached hydrogens (tertiary/aromatic N) is 1. The Labute approximate surface area is 122 Å². The molecule has 2 aliphatic heterocycles. The molecule has 0 radical (unpaired) electrons. The molecule has 1 atom stereocenters. The minimum absolute atomic E-state index is 0.124. The van der Waals surface area contributed by atoms with Crippen LogP contribution >= 0.6 is 0 Å². The molecule has 4 N–H and O–H groups in total. The summed E-state index contributed by atoms with van der Waals surface area (Å²) < 4.78 is 0. The monoisotopic (exact) mass is 290 g/mol. The zero-order valence-electron chi connectivity index (χ0n) is 11.6. The number of β-amino-alcohol motifs (C(OH)–C–C–N with tert-alkyl or cyclic N) is 1. The van der Waals surface area contributed by atoms with Crippen molar-refractivity contribution in [2.45, 2.75) is 6.10 Å². The second kappa shape index (κ2) is 5.71. The molecule has 2 aliphatic rings. The summed E-state index contributed by atoms with van der Waals surface area (Å²) >= 11 is 0. The highest BCUT2D eigenvalue weighted by molar-refractivity contribution is 6.03. The first-order valence-electron chi connectivity index (χ1n) is 6.99. The normalized spacial score (nSPS) is 21.9. The third-order valence-electron chi connectivity index (χ3n) is 3.64. The third-order valence-corrected chi connectivity index (χ3v) is 3.64. The minimum atomic E-state index is -0.560. The maximum Gasteiger partial charge on any atom is 0.254 e. The molecule has 3 rings (SSSR count). The fourth-order valence-electron chi connectivity index (χ4n) is 2.56. The summed E-state index contributed by atoms with van der Waals surface area (Å²) in [7, 11) is 0. The number of anilines is 2. The van der Waals surface area contributed by atoms with Crippen LogP contribution in [0.15, 0.2) is 18.2 Å².